The predicted octanol–water partition coefficient (Wildman–Crippen LogP) is 4.99. The van der Waals surface area contributed by atoms with Crippen molar-refractivity contribution in [3.8, 4) is 34.0 Å². The smallest absolute Gasteiger partial charge is 0.422 e. The van der Waals surface area contributed by atoms with Gasteiger partial charge in [0.05, 0.1) is 7.11 Å². The molecule has 4 aromatic rings. The number of carbonyl (C=O) groups excluding carboxylic acids is 1. The normalized spacial score (nSPS) is 13.8. The number of aliphatic hydroxyl groups excluding tert-OH is 1. The quantitative estimate of drug-likeness (QED) is 0.420. The second kappa shape index (κ2) is 8.14. The molecule has 2 aromatic heterocycles. The monoisotopic (exact) mass is 470 g/mol. The van der Waals surface area contributed by atoms with Crippen LogP contribution in [0.15, 0.2) is 57.6 Å². The van der Waals surface area contributed by atoms with Crippen LogP contribution in [0.2, 0.25) is 0 Å². The van der Waals surface area contributed by atoms with Gasteiger partial charge in [-0.2, -0.15) is 13.2 Å². The van der Waals surface area contributed by atoms with E-state index >= 15 is 0 Å². The lowest BCUT2D eigenvalue weighted by molar-refractivity contribution is -0.150. The predicted molar refractivity (Wildman–Crippen MR) is 112 cm³/mol. The molecule has 174 valence electrons. The molecule has 0 saturated carbocycles. The second-order valence-electron chi connectivity index (χ2n) is 7.78. The molecule has 1 N–H and O–H groups in total. The van der Waals surface area contributed by atoms with Gasteiger partial charge in [-0.3, -0.25) is 0 Å². The van der Waals surface area contributed by atoms with E-state index in [9.17, 15) is 23.1 Å². The lowest BCUT2D eigenvalue weighted by atomic mass is 9.86. The summed E-state index contributed by atoms with van der Waals surface area (Å²) in [4.78, 5) is 11.6. The molecule has 1 aliphatic rings. The number of aromatic nitrogens is 2. The number of rotatable bonds is 4. The van der Waals surface area contributed by atoms with Crippen LogP contribution in [0.3, 0.4) is 0 Å². The molecule has 0 radical (unpaired) electrons. The minimum Gasteiger partial charge on any atom is -0.467 e. The average molecular weight is 470 g/mol. The number of hydrogen-bond donors (Lipinski definition) is 1. The summed E-state index contributed by atoms with van der Waals surface area (Å²) >= 11 is 0. The number of methoxy groups -OCH3 is 1. The van der Waals surface area contributed by atoms with Crippen molar-refractivity contribution in [2.75, 3.05) is 7.11 Å². The molecule has 7 nitrogen and oxygen atoms in total. The van der Waals surface area contributed by atoms with Gasteiger partial charge in [-0.25, -0.2) is 4.79 Å². The number of fused-ring (bicyclic) bond motifs is 3. The van der Waals surface area contributed by atoms with E-state index in [0.29, 0.717) is 35.2 Å². The highest BCUT2D eigenvalue weighted by molar-refractivity contribution is 5.80. The maximum atomic E-state index is 14.1. The summed E-state index contributed by atoms with van der Waals surface area (Å²) in [6.45, 7) is 0. The Bertz CT molecular complexity index is 1380. The van der Waals surface area contributed by atoms with Crippen LogP contribution in [0.1, 0.15) is 28.4 Å². The SMILES string of the molecule is COC(=O)C(O)c1ccc2c(c1)CCc1c-2noc1-c1noc(-c2ccccc2)c1C(F)(F)F. The number of esters is 1. The molecular weight excluding hydrogens is 453 g/mol. The van der Waals surface area contributed by atoms with Crippen LogP contribution in [0.5, 0.6) is 0 Å². The van der Waals surface area contributed by atoms with Crippen LogP contribution < -0.4 is 0 Å². The second-order valence-corrected chi connectivity index (χ2v) is 7.78. The first-order valence-corrected chi connectivity index (χ1v) is 10.3. The summed E-state index contributed by atoms with van der Waals surface area (Å²) < 4.78 is 57.3. The number of carbonyl (C=O) groups is 1. The topological polar surface area (TPSA) is 98.6 Å². The van der Waals surface area contributed by atoms with Crippen molar-refractivity contribution in [3.05, 3.63) is 70.8 Å². The van der Waals surface area contributed by atoms with Gasteiger partial charge in [-0.1, -0.05) is 58.8 Å². The average Bonchev–Trinajstić information content (AvgIpc) is 3.47. The molecule has 0 aliphatic heterocycles. The third-order valence-corrected chi connectivity index (χ3v) is 5.78. The Balaban J connectivity index is 1.59. The first-order valence-electron chi connectivity index (χ1n) is 10.3. The lowest BCUT2D eigenvalue weighted by Gasteiger charge is -2.17. The van der Waals surface area contributed by atoms with Crippen molar-refractivity contribution < 1.29 is 36.9 Å². The molecule has 1 unspecified atom stereocenters. The van der Waals surface area contributed by atoms with Gasteiger partial charge < -0.3 is 18.9 Å². The van der Waals surface area contributed by atoms with E-state index in [1.54, 1.807) is 30.3 Å². The highest BCUT2D eigenvalue weighted by Crippen LogP contribution is 2.46. The first-order chi connectivity index (χ1) is 16.3. The molecule has 2 aromatic carbocycles. The number of aliphatic hydroxyl groups is 1. The molecular formula is C24H17F3N2O5. The third-order valence-electron chi connectivity index (χ3n) is 5.78. The summed E-state index contributed by atoms with van der Waals surface area (Å²) in [5.74, 6) is -1.29. The van der Waals surface area contributed by atoms with Crippen molar-refractivity contribution >= 4 is 5.97 Å². The summed E-state index contributed by atoms with van der Waals surface area (Å²) in [7, 11) is 1.18. The zero-order chi connectivity index (χ0) is 24.0. The van der Waals surface area contributed by atoms with Gasteiger partial charge >= 0.3 is 12.1 Å². The van der Waals surface area contributed by atoms with Gasteiger partial charge in [0.1, 0.15) is 11.3 Å². The van der Waals surface area contributed by atoms with E-state index in [-0.39, 0.29) is 11.3 Å². The van der Waals surface area contributed by atoms with Gasteiger partial charge in [-0.15, -0.1) is 0 Å². The Morgan fingerprint density at radius 2 is 1.74 bits per heavy atom. The zero-order valence-corrected chi connectivity index (χ0v) is 17.7. The van der Waals surface area contributed by atoms with Gasteiger partial charge in [0.25, 0.3) is 0 Å². The molecule has 0 bridgehead atoms. The Kier molecular flexibility index (Phi) is 5.24. The summed E-state index contributed by atoms with van der Waals surface area (Å²) in [6.07, 6.45) is -5.43. The van der Waals surface area contributed by atoms with Crippen LogP contribution in [0.4, 0.5) is 13.2 Å². The van der Waals surface area contributed by atoms with Crippen LogP contribution in [0, 0.1) is 0 Å². The van der Waals surface area contributed by atoms with E-state index in [0.717, 1.165) is 5.56 Å². The Morgan fingerprint density at radius 3 is 2.44 bits per heavy atom. The van der Waals surface area contributed by atoms with Crippen molar-refractivity contribution in [1.82, 2.24) is 10.3 Å². The van der Waals surface area contributed by atoms with Crippen molar-refractivity contribution in [2.24, 2.45) is 0 Å². The number of alkyl halides is 3. The number of aryl methyl sites for hydroxylation is 1. The molecule has 0 saturated heterocycles. The fraction of sp³-hybridized carbons (Fsp3) is 0.208. The van der Waals surface area contributed by atoms with Crippen molar-refractivity contribution in [2.45, 2.75) is 25.1 Å². The van der Waals surface area contributed by atoms with Crippen LogP contribution in [-0.4, -0.2) is 28.5 Å². The van der Waals surface area contributed by atoms with E-state index < -0.39 is 35.3 Å². The van der Waals surface area contributed by atoms with E-state index in [4.69, 9.17) is 9.05 Å². The fourth-order valence-corrected chi connectivity index (χ4v) is 4.16. The number of halogens is 3. The molecule has 0 spiro atoms. The number of benzene rings is 2. The highest BCUT2D eigenvalue weighted by atomic mass is 19.4. The standard InChI is InChI=1S/C24H17F3N2O5/c1-32-23(31)20(30)14-8-9-15-13(11-14)7-10-16-18(15)28-34-22(16)19-17(24(25,26)27)21(33-29-19)12-5-3-2-4-6-12/h2-6,8-9,11,20,30H,7,10H2,1H3. The summed E-state index contributed by atoms with van der Waals surface area (Å²) in [5.41, 5.74) is 1.37. The Hall–Kier alpha value is -3.92. The van der Waals surface area contributed by atoms with Crippen LogP contribution in [0.25, 0.3) is 34.0 Å². The third kappa shape index (κ3) is 3.56. The fourth-order valence-electron chi connectivity index (χ4n) is 4.16. The molecule has 5 rings (SSSR count). The molecule has 2 heterocycles. The lowest BCUT2D eigenvalue weighted by Crippen LogP contribution is -2.14. The van der Waals surface area contributed by atoms with Gasteiger partial charge in [0, 0.05) is 16.7 Å². The molecule has 1 aliphatic carbocycles. The summed E-state index contributed by atoms with van der Waals surface area (Å²) in [6, 6.07) is 12.7. The molecule has 1 atom stereocenters. The highest BCUT2D eigenvalue weighted by Gasteiger charge is 2.43. The van der Waals surface area contributed by atoms with E-state index in [2.05, 4.69) is 15.1 Å². The minimum absolute atomic E-state index is 0.0995. The number of nitrogens with zero attached hydrogens (tertiary/aromatic N) is 2. The molecule has 10 heteroatoms. The Morgan fingerprint density at radius 1 is 1.03 bits per heavy atom. The summed E-state index contributed by atoms with van der Waals surface area (Å²) in [5, 5.41) is 17.9. The van der Waals surface area contributed by atoms with Gasteiger partial charge in [-0.05, 0) is 24.0 Å². The van der Waals surface area contributed by atoms with Crippen LogP contribution in [-0.2, 0) is 28.5 Å². The van der Waals surface area contributed by atoms with Crippen molar-refractivity contribution in [1.29, 1.82) is 0 Å². The molecule has 0 amide bonds. The Labute approximate surface area is 190 Å². The molecule has 0 fully saturated rings. The maximum Gasteiger partial charge on any atom is 0.422 e. The first kappa shape index (κ1) is 21.9. The number of hydrogen-bond acceptors (Lipinski definition) is 7. The van der Waals surface area contributed by atoms with E-state index in [1.165, 1.54) is 25.3 Å². The largest absolute Gasteiger partial charge is 0.467 e. The maximum absolute atomic E-state index is 14.1. The molecule has 34 heavy (non-hydrogen) atoms. The minimum atomic E-state index is -4.74. The van der Waals surface area contributed by atoms with Crippen LogP contribution >= 0.6 is 0 Å². The number of ether oxygens (including phenoxy) is 1. The van der Waals surface area contributed by atoms with Gasteiger partial charge in [0.15, 0.2) is 23.3 Å². The van der Waals surface area contributed by atoms with E-state index in [1.807, 2.05) is 0 Å². The zero-order valence-electron chi connectivity index (χ0n) is 17.7. The van der Waals surface area contributed by atoms with Gasteiger partial charge in [0.2, 0.25) is 0 Å². The van der Waals surface area contributed by atoms with Crippen molar-refractivity contribution in [3.63, 3.8) is 0 Å².